The maximum Gasteiger partial charge on any atom is 0.00900 e. The van der Waals surface area contributed by atoms with Gasteiger partial charge >= 0.3 is 0 Å². The standard InChI is InChI=1S/C9H19N/c1-8(2)9-6-4-3-5-7-10-9/h8-10H,3-7H2,1-2H3/t9-/m0/s1. The average molecular weight is 141 g/mol. The third-order valence-corrected chi connectivity index (χ3v) is 2.40. The molecule has 1 heterocycles. The molecule has 0 aromatic rings. The first-order chi connectivity index (χ1) is 4.80. The van der Waals surface area contributed by atoms with Crippen molar-refractivity contribution in [2.75, 3.05) is 6.54 Å². The second-order valence-corrected chi connectivity index (χ2v) is 3.65. The lowest BCUT2D eigenvalue weighted by atomic mass is 10.00. The number of hydrogen-bond donors (Lipinski definition) is 1. The monoisotopic (exact) mass is 141 g/mol. The number of rotatable bonds is 1. The highest BCUT2D eigenvalue weighted by Gasteiger charge is 2.13. The molecule has 0 unspecified atom stereocenters. The van der Waals surface area contributed by atoms with Crippen LogP contribution >= 0.6 is 0 Å². The van der Waals surface area contributed by atoms with Gasteiger partial charge in [0, 0.05) is 6.04 Å². The minimum atomic E-state index is 0.794. The van der Waals surface area contributed by atoms with Gasteiger partial charge in [-0.15, -0.1) is 0 Å². The fraction of sp³-hybridized carbons (Fsp3) is 1.00. The van der Waals surface area contributed by atoms with Crippen LogP contribution in [0, 0.1) is 5.92 Å². The molecule has 1 rings (SSSR count). The molecule has 1 aliphatic heterocycles. The molecule has 0 aromatic heterocycles. The quantitative estimate of drug-likeness (QED) is 0.590. The first-order valence-electron chi connectivity index (χ1n) is 4.54. The van der Waals surface area contributed by atoms with Gasteiger partial charge in [-0.1, -0.05) is 26.7 Å². The van der Waals surface area contributed by atoms with Gasteiger partial charge in [0.25, 0.3) is 0 Å². The first-order valence-corrected chi connectivity index (χ1v) is 4.54. The minimum Gasteiger partial charge on any atom is -0.314 e. The third kappa shape index (κ3) is 2.30. The van der Waals surface area contributed by atoms with Crippen LogP contribution in [0.1, 0.15) is 39.5 Å². The zero-order valence-corrected chi connectivity index (χ0v) is 7.19. The molecular formula is C9H19N. The van der Waals surface area contributed by atoms with E-state index in [2.05, 4.69) is 19.2 Å². The normalized spacial score (nSPS) is 28.5. The van der Waals surface area contributed by atoms with Crippen molar-refractivity contribution < 1.29 is 0 Å². The summed E-state index contributed by atoms with van der Waals surface area (Å²) < 4.78 is 0. The van der Waals surface area contributed by atoms with Crippen molar-refractivity contribution in [3.63, 3.8) is 0 Å². The Kier molecular flexibility index (Phi) is 3.20. The van der Waals surface area contributed by atoms with E-state index in [0.717, 1.165) is 12.0 Å². The molecule has 1 N–H and O–H groups in total. The molecule has 0 amide bonds. The average Bonchev–Trinajstić information content (AvgIpc) is 2.12. The van der Waals surface area contributed by atoms with E-state index in [4.69, 9.17) is 0 Å². The SMILES string of the molecule is CC(C)[C@@H]1CCCCCN1. The van der Waals surface area contributed by atoms with E-state index in [1.165, 1.54) is 32.2 Å². The van der Waals surface area contributed by atoms with Crippen LogP contribution in [0.15, 0.2) is 0 Å². The summed E-state index contributed by atoms with van der Waals surface area (Å²) in [5, 5.41) is 3.58. The Hall–Kier alpha value is -0.0400. The van der Waals surface area contributed by atoms with E-state index in [0.29, 0.717) is 0 Å². The van der Waals surface area contributed by atoms with E-state index >= 15 is 0 Å². The van der Waals surface area contributed by atoms with Crippen LogP contribution < -0.4 is 5.32 Å². The van der Waals surface area contributed by atoms with Gasteiger partial charge < -0.3 is 5.32 Å². The highest BCUT2D eigenvalue weighted by atomic mass is 14.9. The molecule has 1 saturated heterocycles. The lowest BCUT2D eigenvalue weighted by molar-refractivity contribution is 0.395. The third-order valence-electron chi connectivity index (χ3n) is 2.40. The maximum atomic E-state index is 3.58. The molecule has 10 heavy (non-hydrogen) atoms. The summed E-state index contributed by atoms with van der Waals surface area (Å²) in [5.74, 6) is 0.818. The fourth-order valence-electron chi connectivity index (χ4n) is 1.62. The van der Waals surface area contributed by atoms with E-state index in [1.54, 1.807) is 0 Å². The van der Waals surface area contributed by atoms with Crippen molar-refractivity contribution in [2.45, 2.75) is 45.6 Å². The van der Waals surface area contributed by atoms with Crippen LogP contribution in [-0.4, -0.2) is 12.6 Å². The smallest absolute Gasteiger partial charge is 0.00900 e. The summed E-state index contributed by atoms with van der Waals surface area (Å²) in [4.78, 5) is 0. The molecule has 60 valence electrons. The van der Waals surface area contributed by atoms with Gasteiger partial charge in [0.1, 0.15) is 0 Å². The summed E-state index contributed by atoms with van der Waals surface area (Å²) >= 11 is 0. The Bertz CT molecular complexity index is 80.7. The van der Waals surface area contributed by atoms with E-state index < -0.39 is 0 Å². The molecule has 0 aliphatic carbocycles. The molecule has 0 saturated carbocycles. The van der Waals surface area contributed by atoms with E-state index in [1.807, 2.05) is 0 Å². The molecule has 0 radical (unpaired) electrons. The topological polar surface area (TPSA) is 12.0 Å². The molecule has 1 atom stereocenters. The molecule has 1 aliphatic rings. The second-order valence-electron chi connectivity index (χ2n) is 3.65. The molecule has 1 fully saturated rings. The predicted molar refractivity (Wildman–Crippen MR) is 45.1 cm³/mol. The lowest BCUT2D eigenvalue weighted by Gasteiger charge is -2.19. The Labute approximate surface area is 64.2 Å². The van der Waals surface area contributed by atoms with Crippen molar-refractivity contribution in [3.05, 3.63) is 0 Å². The largest absolute Gasteiger partial charge is 0.314 e. The zero-order chi connectivity index (χ0) is 7.40. The van der Waals surface area contributed by atoms with Crippen molar-refractivity contribution in [1.82, 2.24) is 5.32 Å². The minimum absolute atomic E-state index is 0.794. The second kappa shape index (κ2) is 3.97. The van der Waals surface area contributed by atoms with Gasteiger partial charge in [0.05, 0.1) is 0 Å². The molecule has 0 spiro atoms. The van der Waals surface area contributed by atoms with Gasteiger partial charge in [0.15, 0.2) is 0 Å². The van der Waals surface area contributed by atoms with Crippen LogP contribution in [0.2, 0.25) is 0 Å². The van der Waals surface area contributed by atoms with Crippen LogP contribution in [-0.2, 0) is 0 Å². The van der Waals surface area contributed by atoms with Crippen LogP contribution in [0.3, 0.4) is 0 Å². The van der Waals surface area contributed by atoms with E-state index in [-0.39, 0.29) is 0 Å². The van der Waals surface area contributed by atoms with Gasteiger partial charge in [-0.25, -0.2) is 0 Å². The highest BCUT2D eigenvalue weighted by Crippen LogP contribution is 2.14. The maximum absolute atomic E-state index is 3.58. The summed E-state index contributed by atoms with van der Waals surface area (Å²) in [7, 11) is 0. The van der Waals surface area contributed by atoms with Crippen molar-refractivity contribution in [1.29, 1.82) is 0 Å². The summed E-state index contributed by atoms with van der Waals surface area (Å²) in [6.45, 7) is 5.86. The van der Waals surface area contributed by atoms with Crippen molar-refractivity contribution in [3.8, 4) is 0 Å². The lowest BCUT2D eigenvalue weighted by Crippen LogP contribution is -2.32. The van der Waals surface area contributed by atoms with Crippen molar-refractivity contribution >= 4 is 0 Å². The zero-order valence-electron chi connectivity index (χ0n) is 7.19. The number of hydrogen-bond acceptors (Lipinski definition) is 1. The van der Waals surface area contributed by atoms with Gasteiger partial charge in [-0.2, -0.15) is 0 Å². The summed E-state index contributed by atoms with van der Waals surface area (Å²) in [5.41, 5.74) is 0. The van der Waals surface area contributed by atoms with Gasteiger partial charge in [-0.3, -0.25) is 0 Å². The first kappa shape index (κ1) is 8.06. The Morgan fingerprint density at radius 1 is 1.20 bits per heavy atom. The van der Waals surface area contributed by atoms with Gasteiger partial charge in [0.2, 0.25) is 0 Å². The van der Waals surface area contributed by atoms with Crippen LogP contribution in [0.5, 0.6) is 0 Å². The Morgan fingerprint density at radius 3 is 2.70 bits per heavy atom. The predicted octanol–water partition coefficient (Wildman–Crippen LogP) is 2.17. The molecule has 1 nitrogen and oxygen atoms in total. The Balaban J connectivity index is 2.28. The van der Waals surface area contributed by atoms with Crippen LogP contribution in [0.25, 0.3) is 0 Å². The summed E-state index contributed by atoms with van der Waals surface area (Å²) in [6, 6.07) is 0.794. The van der Waals surface area contributed by atoms with Crippen molar-refractivity contribution in [2.24, 2.45) is 5.92 Å². The Morgan fingerprint density at radius 2 is 2.00 bits per heavy atom. The summed E-state index contributed by atoms with van der Waals surface area (Å²) in [6.07, 6.45) is 5.62. The molecule has 1 heteroatoms. The highest BCUT2D eigenvalue weighted by molar-refractivity contribution is 4.72. The fourth-order valence-corrected chi connectivity index (χ4v) is 1.62. The van der Waals surface area contributed by atoms with Gasteiger partial charge in [-0.05, 0) is 25.3 Å². The molecule has 0 bridgehead atoms. The number of nitrogens with one attached hydrogen (secondary N) is 1. The molecule has 0 aromatic carbocycles. The van der Waals surface area contributed by atoms with Crippen LogP contribution in [0.4, 0.5) is 0 Å². The molecular weight excluding hydrogens is 122 g/mol. The van der Waals surface area contributed by atoms with E-state index in [9.17, 15) is 0 Å².